The molecule has 0 aromatic rings. The average Bonchev–Trinajstić information content (AvgIpc) is 2.08. The fourth-order valence-corrected chi connectivity index (χ4v) is 1.13. The van der Waals surface area contributed by atoms with Gasteiger partial charge in [-0.05, 0) is 0 Å². The molecular weight excluding hydrogens is 166 g/mol. The zero-order valence-corrected chi connectivity index (χ0v) is 6.37. The summed E-state index contributed by atoms with van der Waals surface area (Å²) in [6, 6.07) is 0. The monoisotopic (exact) mass is 179 g/mol. The molecule has 0 aliphatic carbocycles. The maximum atomic E-state index is 9.18. The van der Waals surface area contributed by atoms with E-state index >= 15 is 0 Å². The highest BCUT2D eigenvalue weighted by molar-refractivity contribution is 4.89. The van der Waals surface area contributed by atoms with Crippen LogP contribution in [0.3, 0.4) is 0 Å². The van der Waals surface area contributed by atoms with Gasteiger partial charge >= 0.3 is 0 Å². The van der Waals surface area contributed by atoms with E-state index in [4.69, 9.17) is 25.8 Å². The molecule has 0 spiro atoms. The summed E-state index contributed by atoms with van der Waals surface area (Å²) in [5.74, 6) is 0. The smallest absolute Gasteiger partial charge is 0.135 e. The highest BCUT2D eigenvalue weighted by atomic mass is 16.6. The normalized spacial score (nSPS) is 49.2. The van der Waals surface area contributed by atoms with E-state index in [0.29, 0.717) is 0 Å². The molecule has 1 fully saturated rings. The summed E-state index contributed by atoms with van der Waals surface area (Å²) >= 11 is 0. The first-order chi connectivity index (χ1) is 5.57. The minimum absolute atomic E-state index is 0.446. The number of ether oxygens (including phenoxy) is 1. The molecule has 1 aliphatic rings. The van der Waals surface area contributed by atoms with Gasteiger partial charge in [0.1, 0.15) is 30.6 Å². The number of hydrogen-bond donors (Lipinski definition) is 5. The summed E-state index contributed by atoms with van der Waals surface area (Å²) in [5, 5.41) is 36.1. The van der Waals surface area contributed by atoms with Gasteiger partial charge < -0.3 is 30.9 Å². The molecule has 5 atom stereocenters. The molecule has 2 unspecified atom stereocenters. The van der Waals surface area contributed by atoms with Gasteiger partial charge in [-0.3, -0.25) is 0 Å². The second kappa shape index (κ2) is 3.65. The van der Waals surface area contributed by atoms with E-state index in [9.17, 15) is 5.11 Å². The fourth-order valence-electron chi connectivity index (χ4n) is 1.13. The molecule has 0 aromatic heterocycles. The van der Waals surface area contributed by atoms with Gasteiger partial charge in [0.05, 0.1) is 6.61 Å². The second-order valence-corrected chi connectivity index (χ2v) is 2.79. The van der Waals surface area contributed by atoms with Crippen LogP contribution in [-0.2, 0) is 4.74 Å². The van der Waals surface area contributed by atoms with Crippen LogP contribution in [0.2, 0.25) is 0 Å². The van der Waals surface area contributed by atoms with Gasteiger partial charge in [0.25, 0.3) is 0 Å². The summed E-state index contributed by atoms with van der Waals surface area (Å²) in [6.07, 6.45) is -5.99. The molecule has 72 valence electrons. The van der Waals surface area contributed by atoms with Gasteiger partial charge in [-0.25, -0.2) is 0 Å². The van der Waals surface area contributed by atoms with Crippen molar-refractivity contribution in [1.82, 2.24) is 0 Å². The van der Waals surface area contributed by atoms with Crippen LogP contribution < -0.4 is 5.73 Å². The number of aliphatic hydroxyl groups is 4. The standard InChI is InChI=1S/C6H13NO5/c7-6-5(11)4(10)3(9)2(1-8)12-6/h2-6,8-11H,1,7H2/t2?,3-,4-,5?,6+/m0/s1. The van der Waals surface area contributed by atoms with Crippen LogP contribution in [-0.4, -0.2) is 57.7 Å². The molecule has 0 aromatic carbocycles. The molecule has 1 aliphatic heterocycles. The van der Waals surface area contributed by atoms with Gasteiger partial charge in [-0.1, -0.05) is 0 Å². The third kappa shape index (κ3) is 1.58. The van der Waals surface area contributed by atoms with Crippen LogP contribution in [0.1, 0.15) is 0 Å². The summed E-state index contributed by atoms with van der Waals surface area (Å²) in [4.78, 5) is 0. The number of rotatable bonds is 1. The lowest BCUT2D eigenvalue weighted by Gasteiger charge is -2.38. The van der Waals surface area contributed by atoms with Crippen molar-refractivity contribution >= 4 is 0 Å². The van der Waals surface area contributed by atoms with Gasteiger partial charge in [-0.15, -0.1) is 0 Å². The number of hydrogen-bond acceptors (Lipinski definition) is 6. The van der Waals surface area contributed by atoms with E-state index in [1.165, 1.54) is 0 Å². The third-order valence-corrected chi connectivity index (χ3v) is 1.93. The largest absolute Gasteiger partial charge is 0.394 e. The summed E-state index contributed by atoms with van der Waals surface area (Å²) in [6.45, 7) is -0.446. The predicted octanol–water partition coefficient (Wildman–Crippen LogP) is -3.25. The highest BCUT2D eigenvalue weighted by Gasteiger charge is 2.41. The molecule has 6 nitrogen and oxygen atoms in total. The van der Waals surface area contributed by atoms with Crippen LogP contribution >= 0.6 is 0 Å². The maximum Gasteiger partial charge on any atom is 0.135 e. The molecule has 0 amide bonds. The molecule has 0 bridgehead atoms. The Hall–Kier alpha value is -0.240. The minimum Gasteiger partial charge on any atom is -0.394 e. The number of nitrogens with two attached hydrogens (primary N) is 1. The molecule has 0 radical (unpaired) electrons. The summed E-state index contributed by atoms with van der Waals surface area (Å²) < 4.78 is 4.80. The maximum absolute atomic E-state index is 9.18. The van der Waals surface area contributed by atoms with Crippen LogP contribution in [0.5, 0.6) is 0 Å². The Labute approximate surface area is 69.2 Å². The van der Waals surface area contributed by atoms with Crippen molar-refractivity contribution in [2.24, 2.45) is 5.73 Å². The molecule has 6 heteroatoms. The molecule has 0 saturated carbocycles. The highest BCUT2D eigenvalue weighted by Crippen LogP contribution is 2.17. The second-order valence-electron chi connectivity index (χ2n) is 2.79. The Morgan fingerprint density at radius 3 is 2.17 bits per heavy atom. The predicted molar refractivity (Wildman–Crippen MR) is 38.0 cm³/mol. The average molecular weight is 179 g/mol. The minimum atomic E-state index is -1.37. The summed E-state index contributed by atoms with van der Waals surface area (Å²) in [5.41, 5.74) is 5.24. The van der Waals surface area contributed by atoms with Crippen molar-refractivity contribution in [3.63, 3.8) is 0 Å². The first-order valence-electron chi connectivity index (χ1n) is 3.64. The zero-order valence-electron chi connectivity index (χ0n) is 6.37. The molecule has 6 N–H and O–H groups in total. The SMILES string of the molecule is N[C@@H]1OC(CO)[C@H](O)[C@H](O)C1O. The van der Waals surface area contributed by atoms with Gasteiger partial charge in [0.15, 0.2) is 0 Å². The molecule has 1 rings (SSSR count). The van der Waals surface area contributed by atoms with Gasteiger partial charge in [-0.2, -0.15) is 0 Å². The van der Waals surface area contributed by atoms with E-state index in [-0.39, 0.29) is 0 Å². The van der Waals surface area contributed by atoms with E-state index in [0.717, 1.165) is 0 Å². The fraction of sp³-hybridized carbons (Fsp3) is 1.00. The Bertz CT molecular complexity index is 150. The van der Waals surface area contributed by atoms with Crippen LogP contribution in [0.25, 0.3) is 0 Å². The van der Waals surface area contributed by atoms with E-state index in [2.05, 4.69) is 0 Å². The lowest BCUT2D eigenvalue weighted by molar-refractivity contribution is -0.227. The zero-order chi connectivity index (χ0) is 9.30. The van der Waals surface area contributed by atoms with Crippen LogP contribution in [0.4, 0.5) is 0 Å². The first kappa shape index (κ1) is 9.85. The molecule has 1 heterocycles. The Morgan fingerprint density at radius 2 is 1.67 bits per heavy atom. The van der Waals surface area contributed by atoms with E-state index in [1.54, 1.807) is 0 Å². The third-order valence-electron chi connectivity index (χ3n) is 1.93. The lowest BCUT2D eigenvalue weighted by atomic mass is 9.99. The quantitative estimate of drug-likeness (QED) is 0.288. The Balaban J connectivity index is 2.63. The topological polar surface area (TPSA) is 116 Å². The Morgan fingerprint density at radius 1 is 1.08 bits per heavy atom. The van der Waals surface area contributed by atoms with Crippen LogP contribution in [0, 0.1) is 0 Å². The number of aliphatic hydroxyl groups excluding tert-OH is 4. The van der Waals surface area contributed by atoms with Crippen molar-refractivity contribution in [2.75, 3.05) is 6.61 Å². The van der Waals surface area contributed by atoms with Gasteiger partial charge in [0, 0.05) is 0 Å². The van der Waals surface area contributed by atoms with Crippen molar-refractivity contribution in [3.05, 3.63) is 0 Å². The van der Waals surface area contributed by atoms with E-state index < -0.39 is 37.3 Å². The van der Waals surface area contributed by atoms with Crippen molar-refractivity contribution in [1.29, 1.82) is 0 Å². The van der Waals surface area contributed by atoms with Crippen LogP contribution in [0.15, 0.2) is 0 Å². The summed E-state index contributed by atoms with van der Waals surface area (Å²) in [7, 11) is 0. The lowest BCUT2D eigenvalue weighted by Crippen LogP contribution is -2.61. The van der Waals surface area contributed by atoms with Crippen molar-refractivity contribution < 1.29 is 25.2 Å². The van der Waals surface area contributed by atoms with Crippen molar-refractivity contribution in [2.45, 2.75) is 30.6 Å². The Kier molecular flexibility index (Phi) is 2.99. The van der Waals surface area contributed by atoms with E-state index in [1.807, 2.05) is 0 Å². The first-order valence-corrected chi connectivity index (χ1v) is 3.64. The molecule has 12 heavy (non-hydrogen) atoms. The molecule has 1 saturated heterocycles. The van der Waals surface area contributed by atoms with Gasteiger partial charge in [0.2, 0.25) is 0 Å². The van der Waals surface area contributed by atoms with Crippen molar-refractivity contribution in [3.8, 4) is 0 Å². The molecular formula is C6H13NO5.